The number of benzene rings is 3. The van der Waals surface area contributed by atoms with Crippen molar-refractivity contribution in [2.24, 2.45) is 0 Å². The number of carbonyl (C=O) groups is 2. The first-order valence-corrected chi connectivity index (χ1v) is 14.4. The number of carbonyl (C=O) groups excluding carboxylic acids is 2. The summed E-state index contributed by atoms with van der Waals surface area (Å²) in [7, 11) is -4.13. The van der Waals surface area contributed by atoms with Gasteiger partial charge in [0.2, 0.25) is 11.8 Å². The average molecular weight is 554 g/mol. The van der Waals surface area contributed by atoms with Crippen molar-refractivity contribution >= 4 is 27.5 Å². The number of halogens is 1. The lowest BCUT2D eigenvalue weighted by Gasteiger charge is -2.33. The Balaban J connectivity index is 2.08. The van der Waals surface area contributed by atoms with Crippen molar-refractivity contribution in [1.82, 2.24) is 10.2 Å². The van der Waals surface area contributed by atoms with Crippen LogP contribution in [0, 0.1) is 26.6 Å². The van der Waals surface area contributed by atoms with Crippen LogP contribution >= 0.6 is 0 Å². The normalized spacial score (nSPS) is 12.1. The molecule has 3 aromatic carbocycles. The highest BCUT2D eigenvalue weighted by atomic mass is 32.2. The van der Waals surface area contributed by atoms with Crippen LogP contribution in [0.5, 0.6) is 0 Å². The number of amides is 2. The van der Waals surface area contributed by atoms with E-state index in [1.54, 1.807) is 50.2 Å². The highest BCUT2D eigenvalue weighted by Gasteiger charge is 2.33. The summed E-state index contributed by atoms with van der Waals surface area (Å²) in [5, 5.41) is 2.76. The quantitative estimate of drug-likeness (QED) is 0.366. The van der Waals surface area contributed by atoms with Crippen molar-refractivity contribution in [3.63, 3.8) is 0 Å². The molecule has 2 amide bonds. The minimum absolute atomic E-state index is 0.0140. The summed E-state index contributed by atoms with van der Waals surface area (Å²) in [5.74, 6) is -1.31. The van der Waals surface area contributed by atoms with Gasteiger partial charge >= 0.3 is 0 Å². The van der Waals surface area contributed by atoms with E-state index in [-0.39, 0.29) is 17.3 Å². The van der Waals surface area contributed by atoms with E-state index in [0.29, 0.717) is 24.2 Å². The minimum atomic E-state index is -4.13. The van der Waals surface area contributed by atoms with Gasteiger partial charge in [-0.2, -0.15) is 0 Å². The van der Waals surface area contributed by atoms with Gasteiger partial charge in [-0.05, 0) is 87.2 Å². The summed E-state index contributed by atoms with van der Waals surface area (Å²) in [5.41, 5.74) is 3.73. The van der Waals surface area contributed by atoms with Crippen LogP contribution < -0.4 is 9.62 Å². The molecular weight excluding hydrogens is 517 g/mol. The zero-order valence-corrected chi connectivity index (χ0v) is 23.9. The van der Waals surface area contributed by atoms with Gasteiger partial charge in [-0.1, -0.05) is 42.8 Å². The van der Waals surface area contributed by atoms with Crippen LogP contribution in [0.3, 0.4) is 0 Å². The number of nitrogens with zero attached hydrogens (tertiary/aromatic N) is 2. The second-order valence-electron chi connectivity index (χ2n) is 9.56. The average Bonchev–Trinajstić information content (AvgIpc) is 2.90. The zero-order chi connectivity index (χ0) is 28.7. The van der Waals surface area contributed by atoms with E-state index in [4.69, 9.17) is 0 Å². The molecule has 208 valence electrons. The molecule has 3 rings (SSSR count). The van der Waals surface area contributed by atoms with E-state index < -0.39 is 34.3 Å². The molecule has 0 aliphatic rings. The van der Waals surface area contributed by atoms with Gasteiger partial charge in [0.25, 0.3) is 10.0 Å². The lowest BCUT2D eigenvalue weighted by Crippen LogP contribution is -2.52. The van der Waals surface area contributed by atoms with Crippen LogP contribution in [0.2, 0.25) is 0 Å². The first-order chi connectivity index (χ1) is 18.5. The molecule has 1 N–H and O–H groups in total. The molecule has 0 spiro atoms. The molecule has 0 aliphatic heterocycles. The molecular formula is C30H36FN3O4S. The Kier molecular flexibility index (Phi) is 9.86. The lowest BCUT2D eigenvalue weighted by molar-refractivity contribution is -0.140. The molecule has 0 saturated heterocycles. The van der Waals surface area contributed by atoms with Gasteiger partial charge in [0.1, 0.15) is 18.4 Å². The zero-order valence-electron chi connectivity index (χ0n) is 23.1. The molecule has 0 unspecified atom stereocenters. The summed E-state index contributed by atoms with van der Waals surface area (Å²) in [4.78, 5) is 28.3. The molecule has 9 heteroatoms. The van der Waals surface area contributed by atoms with Crippen LogP contribution in [-0.2, 0) is 26.2 Å². The summed E-state index contributed by atoms with van der Waals surface area (Å²) in [6, 6.07) is 16.5. The Morgan fingerprint density at radius 1 is 0.897 bits per heavy atom. The van der Waals surface area contributed by atoms with Gasteiger partial charge in [-0.25, -0.2) is 12.8 Å². The fourth-order valence-electron chi connectivity index (χ4n) is 4.24. The molecule has 0 saturated carbocycles. The Morgan fingerprint density at radius 3 is 2.10 bits per heavy atom. The van der Waals surface area contributed by atoms with E-state index in [1.807, 2.05) is 26.8 Å². The highest BCUT2D eigenvalue weighted by Crippen LogP contribution is 2.27. The molecule has 0 aromatic heterocycles. The summed E-state index contributed by atoms with van der Waals surface area (Å²) in [6.07, 6.45) is 0.313. The van der Waals surface area contributed by atoms with Gasteiger partial charge in [0.15, 0.2) is 0 Å². The van der Waals surface area contributed by atoms with E-state index in [0.717, 1.165) is 21.0 Å². The monoisotopic (exact) mass is 553 g/mol. The molecule has 0 fully saturated rings. The Morgan fingerprint density at radius 2 is 1.54 bits per heavy atom. The van der Waals surface area contributed by atoms with Crippen molar-refractivity contribution in [3.05, 3.63) is 94.8 Å². The second kappa shape index (κ2) is 12.9. The van der Waals surface area contributed by atoms with Crippen molar-refractivity contribution in [3.8, 4) is 0 Å². The molecule has 39 heavy (non-hydrogen) atoms. The fourth-order valence-corrected chi connectivity index (χ4v) is 5.65. The summed E-state index contributed by atoms with van der Waals surface area (Å²) in [6.45, 7) is 9.11. The van der Waals surface area contributed by atoms with Crippen LogP contribution in [-0.4, -0.2) is 44.3 Å². The van der Waals surface area contributed by atoms with Crippen LogP contribution in [0.1, 0.15) is 42.5 Å². The Bertz CT molecular complexity index is 1410. The third-order valence-corrected chi connectivity index (χ3v) is 8.46. The van der Waals surface area contributed by atoms with E-state index in [2.05, 4.69) is 5.32 Å². The van der Waals surface area contributed by atoms with Crippen molar-refractivity contribution in [2.45, 2.75) is 58.5 Å². The van der Waals surface area contributed by atoms with Gasteiger partial charge in [0.05, 0.1) is 10.6 Å². The third kappa shape index (κ3) is 7.23. The number of aryl methyl sites for hydroxylation is 3. The topological polar surface area (TPSA) is 86.8 Å². The first-order valence-electron chi connectivity index (χ1n) is 13.0. The molecule has 3 aromatic rings. The summed E-state index contributed by atoms with van der Waals surface area (Å²) >= 11 is 0. The number of rotatable bonds is 11. The van der Waals surface area contributed by atoms with E-state index in [1.165, 1.54) is 29.2 Å². The molecule has 1 atom stereocenters. The van der Waals surface area contributed by atoms with Crippen LogP contribution in [0.4, 0.5) is 10.1 Å². The van der Waals surface area contributed by atoms with Gasteiger partial charge < -0.3 is 10.2 Å². The van der Waals surface area contributed by atoms with Crippen molar-refractivity contribution in [1.29, 1.82) is 0 Å². The maximum Gasteiger partial charge on any atom is 0.264 e. The van der Waals surface area contributed by atoms with Crippen molar-refractivity contribution in [2.75, 3.05) is 17.4 Å². The lowest BCUT2D eigenvalue weighted by atomic mass is 10.1. The molecule has 0 bridgehead atoms. The number of likely N-dealkylation sites (N-methyl/N-ethyl adjacent to an activating group) is 1. The number of anilines is 1. The molecule has 0 radical (unpaired) electrons. The van der Waals surface area contributed by atoms with Crippen LogP contribution in [0.25, 0.3) is 0 Å². The molecule has 7 nitrogen and oxygen atoms in total. The fraction of sp³-hybridized carbons (Fsp3) is 0.333. The van der Waals surface area contributed by atoms with Crippen LogP contribution in [0.15, 0.2) is 71.6 Å². The number of hydrogen-bond acceptors (Lipinski definition) is 4. The largest absolute Gasteiger partial charge is 0.355 e. The minimum Gasteiger partial charge on any atom is -0.355 e. The van der Waals surface area contributed by atoms with Gasteiger partial charge in [-0.3, -0.25) is 13.9 Å². The number of hydrogen-bond donors (Lipinski definition) is 1. The predicted octanol–water partition coefficient (Wildman–Crippen LogP) is 4.89. The third-order valence-electron chi connectivity index (χ3n) is 6.67. The van der Waals surface area contributed by atoms with E-state index >= 15 is 0 Å². The molecule has 0 aliphatic carbocycles. The Labute approximate surface area is 230 Å². The predicted molar refractivity (Wildman–Crippen MR) is 151 cm³/mol. The van der Waals surface area contributed by atoms with Crippen molar-refractivity contribution < 1.29 is 22.4 Å². The first kappa shape index (κ1) is 29.8. The van der Waals surface area contributed by atoms with Gasteiger partial charge in [0, 0.05) is 13.1 Å². The molecule has 0 heterocycles. The maximum absolute atomic E-state index is 14.0. The second-order valence-corrected chi connectivity index (χ2v) is 11.4. The highest BCUT2D eigenvalue weighted by molar-refractivity contribution is 7.92. The maximum atomic E-state index is 14.0. The SMILES string of the molecule is CCNC(=O)[C@@H](CC)N(Cc1ccc(F)cc1)C(=O)CN(c1ccc(C)c(C)c1)S(=O)(=O)c1ccc(C)cc1. The Hall–Kier alpha value is -3.72. The number of sulfonamides is 1. The standard InChI is InChI=1S/C30H36FN3O4S/c1-6-28(30(36)32-7-2)33(19-24-11-13-25(31)14-12-24)29(35)20-34(26-15-10-22(4)23(5)18-26)39(37,38)27-16-8-21(3)9-17-27/h8-18,28H,6-7,19-20H2,1-5H3,(H,32,36)/t28-/m1/s1. The number of nitrogens with one attached hydrogen (secondary N) is 1. The smallest absolute Gasteiger partial charge is 0.264 e. The van der Waals surface area contributed by atoms with E-state index in [9.17, 15) is 22.4 Å². The summed E-state index contributed by atoms with van der Waals surface area (Å²) < 4.78 is 42.5. The van der Waals surface area contributed by atoms with Gasteiger partial charge in [-0.15, -0.1) is 0 Å².